The Morgan fingerprint density at radius 2 is 1.09 bits per heavy atom. The molecule has 4 atom stereocenters. The van der Waals surface area contributed by atoms with E-state index in [0.717, 1.165) is 16.7 Å². The van der Waals surface area contributed by atoms with Crippen LogP contribution in [0.1, 0.15) is 22.3 Å². The lowest BCUT2D eigenvalue weighted by molar-refractivity contribution is -0.122. The molecule has 1 saturated heterocycles. The van der Waals surface area contributed by atoms with E-state index in [1.807, 2.05) is 30.3 Å². The first-order chi connectivity index (χ1) is 16.0. The van der Waals surface area contributed by atoms with Gasteiger partial charge in [0.25, 0.3) is 0 Å². The largest absolute Gasteiger partial charge is 0.274 e. The molecule has 2 aliphatic carbocycles. The van der Waals surface area contributed by atoms with Gasteiger partial charge in [-0.2, -0.15) is 0 Å². The van der Waals surface area contributed by atoms with Crippen molar-refractivity contribution in [3.63, 3.8) is 0 Å². The van der Waals surface area contributed by atoms with Crippen molar-refractivity contribution >= 4 is 23.1 Å². The van der Waals surface area contributed by atoms with Gasteiger partial charge in [-0.25, -0.2) is 4.90 Å². The Balaban J connectivity index is 1.50. The van der Waals surface area contributed by atoms with Gasteiger partial charge in [-0.3, -0.25) is 9.59 Å². The molecular weight excluding hydrogens is 406 g/mol. The number of carbonyl (C=O) groups is 2. The molecule has 3 aliphatic rings. The van der Waals surface area contributed by atoms with Crippen LogP contribution in [0.2, 0.25) is 0 Å². The van der Waals surface area contributed by atoms with Crippen molar-refractivity contribution in [2.24, 2.45) is 23.7 Å². The second kappa shape index (κ2) is 7.41. The zero-order valence-corrected chi connectivity index (χ0v) is 18.7. The lowest BCUT2D eigenvalue weighted by atomic mass is 9.85. The van der Waals surface area contributed by atoms with Crippen LogP contribution in [0.5, 0.6) is 0 Å². The summed E-state index contributed by atoms with van der Waals surface area (Å²) in [5.74, 6) is -0.900. The third-order valence-electron chi connectivity index (χ3n) is 7.40. The highest BCUT2D eigenvalue weighted by atomic mass is 16.2. The van der Waals surface area contributed by atoms with Crippen molar-refractivity contribution in [3.05, 3.63) is 119 Å². The fourth-order valence-corrected chi connectivity index (χ4v) is 5.87. The van der Waals surface area contributed by atoms with Crippen LogP contribution in [0, 0.1) is 37.5 Å². The second-order valence-electron chi connectivity index (χ2n) is 9.40. The van der Waals surface area contributed by atoms with Gasteiger partial charge in [-0.05, 0) is 48.3 Å². The average Bonchev–Trinajstić information content (AvgIpc) is 3.46. The zero-order chi connectivity index (χ0) is 22.7. The van der Waals surface area contributed by atoms with Gasteiger partial charge in [0.15, 0.2) is 0 Å². The summed E-state index contributed by atoms with van der Waals surface area (Å²) in [7, 11) is 0. The molecule has 0 unspecified atom stereocenters. The second-order valence-corrected chi connectivity index (χ2v) is 9.40. The minimum atomic E-state index is -0.325. The van der Waals surface area contributed by atoms with Crippen LogP contribution in [0.3, 0.4) is 0 Å². The lowest BCUT2D eigenvalue weighted by Crippen LogP contribution is -2.33. The summed E-state index contributed by atoms with van der Waals surface area (Å²) in [6, 6.07) is 26.5. The number of fused-ring (bicyclic) bond motifs is 5. The SMILES string of the molecule is Cc1ccc(C(=C2[C@@H]3C=C[C@@H]2[C@@H]2C(=O)N(c4ccccc4)C(=O)[C@H]23)c2ccc(C)cc2)cc1. The maximum absolute atomic E-state index is 13.6. The number of hydrogen-bond donors (Lipinski definition) is 0. The van der Waals surface area contributed by atoms with Gasteiger partial charge in [-0.1, -0.05) is 90.0 Å². The summed E-state index contributed by atoms with van der Waals surface area (Å²) in [5, 5.41) is 0. The maximum Gasteiger partial charge on any atom is 0.238 e. The van der Waals surface area contributed by atoms with Crippen LogP contribution in [-0.4, -0.2) is 11.8 Å². The molecule has 33 heavy (non-hydrogen) atoms. The number of hydrogen-bond acceptors (Lipinski definition) is 2. The molecular formula is C30H25NO2. The molecule has 0 aromatic heterocycles. The van der Waals surface area contributed by atoms with Gasteiger partial charge in [0, 0.05) is 11.8 Å². The number of amides is 2. The summed E-state index contributed by atoms with van der Waals surface area (Å²) in [5.41, 5.74) is 7.74. The van der Waals surface area contributed by atoms with Crippen LogP contribution >= 0.6 is 0 Å². The minimum Gasteiger partial charge on any atom is -0.274 e. The van der Waals surface area contributed by atoms with E-state index in [4.69, 9.17) is 0 Å². The van der Waals surface area contributed by atoms with Crippen molar-refractivity contribution in [2.45, 2.75) is 13.8 Å². The highest BCUT2D eigenvalue weighted by Gasteiger charge is 2.62. The van der Waals surface area contributed by atoms with Crippen LogP contribution in [0.15, 0.2) is 96.6 Å². The van der Waals surface area contributed by atoms with Gasteiger partial charge in [0.2, 0.25) is 11.8 Å². The Kier molecular flexibility index (Phi) is 4.48. The maximum atomic E-state index is 13.6. The van der Waals surface area contributed by atoms with E-state index in [2.05, 4.69) is 74.5 Å². The molecule has 0 spiro atoms. The highest BCUT2D eigenvalue weighted by Crippen LogP contribution is 2.58. The first-order valence-electron chi connectivity index (χ1n) is 11.5. The number of para-hydroxylation sites is 1. The van der Waals surface area contributed by atoms with Gasteiger partial charge in [0.05, 0.1) is 17.5 Å². The summed E-state index contributed by atoms with van der Waals surface area (Å²) in [4.78, 5) is 28.5. The van der Waals surface area contributed by atoms with Gasteiger partial charge >= 0.3 is 0 Å². The molecule has 2 bridgehead atoms. The van der Waals surface area contributed by atoms with Crippen LogP contribution in [0.25, 0.3) is 5.57 Å². The summed E-state index contributed by atoms with van der Waals surface area (Å²) in [6.45, 7) is 4.17. The number of benzene rings is 3. The van der Waals surface area contributed by atoms with Crippen LogP contribution in [-0.2, 0) is 9.59 Å². The van der Waals surface area contributed by atoms with Crippen molar-refractivity contribution in [1.82, 2.24) is 0 Å². The van der Waals surface area contributed by atoms with Gasteiger partial charge < -0.3 is 0 Å². The Hall–Kier alpha value is -3.72. The Bertz CT molecular complexity index is 1230. The molecule has 3 aromatic carbocycles. The normalized spacial score (nSPS) is 25.2. The number of carbonyl (C=O) groups excluding carboxylic acids is 2. The van der Waals surface area contributed by atoms with E-state index >= 15 is 0 Å². The van der Waals surface area contributed by atoms with Crippen LogP contribution < -0.4 is 4.90 Å². The third kappa shape index (κ3) is 2.96. The summed E-state index contributed by atoms with van der Waals surface area (Å²) < 4.78 is 0. The van der Waals surface area contributed by atoms with E-state index in [1.54, 1.807) is 0 Å². The molecule has 0 radical (unpaired) electrons. The van der Waals surface area contributed by atoms with Crippen molar-refractivity contribution in [2.75, 3.05) is 4.90 Å². The number of rotatable bonds is 3. The number of nitrogens with zero attached hydrogens (tertiary/aromatic N) is 1. The summed E-state index contributed by atoms with van der Waals surface area (Å²) >= 11 is 0. The fourth-order valence-electron chi connectivity index (χ4n) is 5.87. The monoisotopic (exact) mass is 431 g/mol. The molecule has 6 rings (SSSR count). The number of imide groups is 1. The van der Waals surface area contributed by atoms with E-state index in [0.29, 0.717) is 5.69 Å². The molecule has 0 N–H and O–H groups in total. The Labute approximate surface area is 194 Å². The molecule has 2 amide bonds. The van der Waals surface area contributed by atoms with E-state index in [1.165, 1.54) is 21.6 Å². The Morgan fingerprint density at radius 3 is 1.55 bits per heavy atom. The fraction of sp³-hybridized carbons (Fsp3) is 0.200. The molecule has 3 aromatic rings. The number of aryl methyl sites for hydroxylation is 2. The molecule has 3 nitrogen and oxygen atoms in total. The number of allylic oxidation sites excluding steroid dienone is 3. The van der Waals surface area contributed by atoms with Gasteiger partial charge in [0.1, 0.15) is 0 Å². The molecule has 3 heteroatoms. The summed E-state index contributed by atoms with van der Waals surface area (Å²) in [6.07, 6.45) is 4.31. The van der Waals surface area contributed by atoms with Gasteiger partial charge in [-0.15, -0.1) is 0 Å². The van der Waals surface area contributed by atoms with E-state index in [-0.39, 0.29) is 35.5 Å². The van der Waals surface area contributed by atoms with Crippen molar-refractivity contribution in [1.29, 1.82) is 0 Å². The molecule has 2 fully saturated rings. The minimum absolute atomic E-state index is 0.0530. The third-order valence-corrected chi connectivity index (χ3v) is 7.40. The lowest BCUT2D eigenvalue weighted by Gasteiger charge is -2.21. The first kappa shape index (κ1) is 19.9. The molecule has 162 valence electrons. The first-order valence-corrected chi connectivity index (χ1v) is 11.5. The molecule has 1 saturated carbocycles. The highest BCUT2D eigenvalue weighted by molar-refractivity contribution is 6.23. The predicted molar refractivity (Wildman–Crippen MR) is 130 cm³/mol. The van der Waals surface area contributed by atoms with E-state index in [9.17, 15) is 9.59 Å². The molecule has 1 aliphatic heterocycles. The van der Waals surface area contributed by atoms with Crippen molar-refractivity contribution in [3.8, 4) is 0 Å². The van der Waals surface area contributed by atoms with Crippen LogP contribution in [0.4, 0.5) is 5.69 Å². The average molecular weight is 432 g/mol. The predicted octanol–water partition coefficient (Wildman–Crippen LogP) is 5.73. The number of anilines is 1. The molecule has 1 heterocycles. The quantitative estimate of drug-likeness (QED) is 0.392. The smallest absolute Gasteiger partial charge is 0.238 e. The Morgan fingerprint density at radius 1 is 0.636 bits per heavy atom. The standard InChI is InChI=1S/C30H25NO2/c1-18-8-12-20(13-9-18)25(21-14-10-19(2)11-15-21)26-23-16-17-24(26)28-27(23)29(32)31(30(28)33)22-6-4-3-5-7-22/h3-17,23-24,27-28H,1-2H3/t23-,24-,27-,28-/m0/s1. The topological polar surface area (TPSA) is 37.4 Å². The zero-order valence-electron chi connectivity index (χ0n) is 18.7. The van der Waals surface area contributed by atoms with E-state index < -0.39 is 0 Å². The van der Waals surface area contributed by atoms with Crippen molar-refractivity contribution < 1.29 is 9.59 Å².